The van der Waals surface area contributed by atoms with Gasteiger partial charge in [0.15, 0.2) is 11.6 Å². The van der Waals surface area contributed by atoms with Crippen LogP contribution in [0.5, 0.6) is 0 Å². The second-order valence-corrected chi connectivity index (χ2v) is 9.77. The van der Waals surface area contributed by atoms with Crippen molar-refractivity contribution in [3.05, 3.63) is 71.9 Å². The molecule has 7 nitrogen and oxygen atoms in total. The maximum atomic E-state index is 12.7. The monoisotopic (exact) mass is 481 g/mol. The summed E-state index contributed by atoms with van der Waals surface area (Å²) in [4.78, 5) is 37.1. The number of rotatable bonds is 0. The maximum Gasteiger partial charge on any atom is 0.227 e. The fraction of sp³-hybridized carbons (Fsp3) is 0.464. The summed E-state index contributed by atoms with van der Waals surface area (Å²) in [6.07, 6.45) is 13.4. The summed E-state index contributed by atoms with van der Waals surface area (Å²) < 4.78 is 0. The van der Waals surface area contributed by atoms with Crippen molar-refractivity contribution in [2.45, 2.75) is 45.5 Å². The third-order valence-corrected chi connectivity index (χ3v) is 6.98. The SMILES string of the molecule is CC1=C\[C@H]2[C@@H]3[C@@H](O)[C@H](O)[C@H](O)C(=O)[C@@H]3C=C[C@@H]2/C(C)=C/C=C/C=C/[C@@H](C)CNC(=O)CC(=O)\C=C\1. The van der Waals surface area contributed by atoms with E-state index in [-0.39, 0.29) is 35.9 Å². The Balaban J connectivity index is 2.03. The van der Waals surface area contributed by atoms with Gasteiger partial charge in [-0.15, -0.1) is 0 Å². The molecule has 2 aliphatic carbocycles. The molecule has 0 spiro atoms. The number of fused-ring (bicyclic) bond motifs is 3. The zero-order chi connectivity index (χ0) is 25.7. The minimum atomic E-state index is -1.63. The van der Waals surface area contributed by atoms with Crippen LogP contribution in [0, 0.1) is 29.6 Å². The molecule has 1 amide bonds. The summed E-state index contributed by atoms with van der Waals surface area (Å²) in [6, 6.07) is 0. The minimum Gasteiger partial charge on any atom is -0.390 e. The summed E-state index contributed by atoms with van der Waals surface area (Å²) in [5, 5.41) is 34.1. The molecule has 8 atom stereocenters. The number of aliphatic hydroxyl groups is 3. The minimum absolute atomic E-state index is 0.0954. The van der Waals surface area contributed by atoms with Gasteiger partial charge in [-0.1, -0.05) is 72.8 Å². The molecular weight excluding hydrogens is 446 g/mol. The fourth-order valence-electron chi connectivity index (χ4n) is 4.99. The van der Waals surface area contributed by atoms with Crippen LogP contribution in [0.25, 0.3) is 0 Å². The Hall–Kier alpha value is -2.87. The summed E-state index contributed by atoms with van der Waals surface area (Å²) >= 11 is 0. The van der Waals surface area contributed by atoms with Gasteiger partial charge in [-0.25, -0.2) is 0 Å². The van der Waals surface area contributed by atoms with Gasteiger partial charge in [0, 0.05) is 24.3 Å². The van der Waals surface area contributed by atoms with Crippen LogP contribution >= 0.6 is 0 Å². The Morgan fingerprint density at radius 3 is 2.34 bits per heavy atom. The van der Waals surface area contributed by atoms with Crippen molar-refractivity contribution in [3.63, 3.8) is 0 Å². The number of carbonyl (C=O) groups excluding carboxylic acids is 3. The van der Waals surface area contributed by atoms with Crippen LogP contribution < -0.4 is 5.32 Å². The highest BCUT2D eigenvalue weighted by atomic mass is 16.4. The van der Waals surface area contributed by atoms with E-state index in [1.165, 1.54) is 6.08 Å². The van der Waals surface area contributed by atoms with Crippen molar-refractivity contribution in [2.24, 2.45) is 29.6 Å². The van der Waals surface area contributed by atoms with Gasteiger partial charge in [0.2, 0.25) is 5.91 Å². The first-order chi connectivity index (χ1) is 16.6. The second-order valence-electron chi connectivity index (χ2n) is 9.77. The van der Waals surface area contributed by atoms with Crippen LogP contribution in [-0.4, -0.2) is 57.6 Å². The molecule has 7 heteroatoms. The summed E-state index contributed by atoms with van der Waals surface area (Å²) in [6.45, 7) is 6.18. The lowest BCUT2D eigenvalue weighted by Gasteiger charge is -2.46. The Kier molecular flexibility index (Phi) is 8.94. The van der Waals surface area contributed by atoms with Gasteiger partial charge in [-0.2, -0.15) is 0 Å². The molecule has 1 heterocycles. The molecule has 1 saturated carbocycles. The number of hydrogen-bond acceptors (Lipinski definition) is 6. The van der Waals surface area contributed by atoms with Crippen molar-refractivity contribution in [3.8, 4) is 0 Å². The molecule has 0 aromatic rings. The van der Waals surface area contributed by atoms with Crippen molar-refractivity contribution in [2.75, 3.05) is 6.54 Å². The molecule has 188 valence electrons. The Bertz CT molecular complexity index is 1020. The molecule has 0 unspecified atom stereocenters. The van der Waals surface area contributed by atoms with Crippen molar-refractivity contribution in [1.29, 1.82) is 0 Å². The zero-order valence-corrected chi connectivity index (χ0v) is 20.4. The average molecular weight is 482 g/mol. The van der Waals surface area contributed by atoms with E-state index in [2.05, 4.69) is 5.32 Å². The number of aliphatic hydroxyl groups excluding tert-OH is 3. The number of ketones is 2. The van der Waals surface area contributed by atoms with E-state index < -0.39 is 35.9 Å². The summed E-state index contributed by atoms with van der Waals surface area (Å²) in [7, 11) is 0. The molecule has 0 aromatic carbocycles. The van der Waals surface area contributed by atoms with Gasteiger partial charge in [-0.05, 0) is 31.8 Å². The lowest BCUT2D eigenvalue weighted by molar-refractivity contribution is -0.165. The van der Waals surface area contributed by atoms with Crippen LogP contribution in [-0.2, 0) is 14.4 Å². The van der Waals surface area contributed by atoms with Crippen LogP contribution in [0.1, 0.15) is 27.2 Å². The number of allylic oxidation sites excluding steroid dienone is 11. The maximum absolute atomic E-state index is 12.7. The first-order valence-corrected chi connectivity index (χ1v) is 12.0. The first-order valence-electron chi connectivity index (χ1n) is 12.0. The van der Waals surface area contributed by atoms with E-state index in [0.717, 1.165) is 11.1 Å². The molecule has 0 radical (unpaired) electrons. The molecule has 0 saturated heterocycles. The largest absolute Gasteiger partial charge is 0.390 e. The van der Waals surface area contributed by atoms with Crippen molar-refractivity contribution in [1.82, 2.24) is 5.32 Å². The number of hydrogen-bond donors (Lipinski definition) is 4. The number of carbonyl (C=O) groups is 3. The second kappa shape index (κ2) is 11.7. The highest BCUT2D eigenvalue weighted by Crippen LogP contribution is 2.45. The van der Waals surface area contributed by atoms with Gasteiger partial charge in [-0.3, -0.25) is 14.4 Å². The van der Waals surface area contributed by atoms with Crippen molar-refractivity contribution >= 4 is 17.5 Å². The Labute approximate surface area is 206 Å². The highest BCUT2D eigenvalue weighted by molar-refractivity contribution is 6.03. The van der Waals surface area contributed by atoms with Gasteiger partial charge in [0.25, 0.3) is 0 Å². The first kappa shape index (κ1) is 26.7. The number of nitrogens with one attached hydrogen (secondary N) is 1. The van der Waals surface area contributed by atoms with Crippen LogP contribution in [0.3, 0.4) is 0 Å². The van der Waals surface area contributed by atoms with Crippen LogP contribution in [0.2, 0.25) is 0 Å². The lowest BCUT2D eigenvalue weighted by atomic mass is 9.60. The third-order valence-electron chi connectivity index (χ3n) is 6.98. The average Bonchev–Trinajstić information content (AvgIpc) is 2.82. The van der Waals surface area contributed by atoms with E-state index in [4.69, 9.17) is 0 Å². The molecule has 3 rings (SSSR count). The Morgan fingerprint density at radius 1 is 0.886 bits per heavy atom. The number of Topliss-reactive ketones (excluding diaryl/α,β-unsaturated/α-hetero) is 1. The lowest BCUT2D eigenvalue weighted by Crippen LogP contribution is -2.59. The smallest absolute Gasteiger partial charge is 0.227 e. The summed E-state index contributed by atoms with van der Waals surface area (Å²) in [5.41, 5.74) is 1.73. The Morgan fingerprint density at radius 2 is 1.60 bits per heavy atom. The van der Waals surface area contributed by atoms with Gasteiger partial charge in [0.1, 0.15) is 12.2 Å². The van der Waals surface area contributed by atoms with Crippen molar-refractivity contribution < 1.29 is 29.7 Å². The van der Waals surface area contributed by atoms with Crippen LogP contribution in [0.15, 0.2) is 71.9 Å². The van der Waals surface area contributed by atoms with E-state index in [1.54, 1.807) is 19.1 Å². The predicted molar refractivity (Wildman–Crippen MR) is 133 cm³/mol. The van der Waals surface area contributed by atoms with E-state index in [0.29, 0.717) is 6.54 Å². The molecular formula is C28H35NO6. The molecule has 0 bridgehead atoms. The summed E-state index contributed by atoms with van der Waals surface area (Å²) in [5.74, 6) is -2.99. The number of amides is 1. The fourth-order valence-corrected chi connectivity index (χ4v) is 4.99. The highest BCUT2D eigenvalue weighted by Gasteiger charge is 2.52. The standard InChI is InChI=1S/C28H35NO6/c1-16-9-10-19(30)14-23(31)29-15-17(2)7-5-4-6-8-18(3)20-11-12-21-24(22(20)13-16)26(33)28(35)27(34)25(21)32/h4-13,17,20-22,24,26-28,33-35H,14-15H2,1-3H3,(H,29,31)/b6-4+,7-5+,10-9+,16-13+,18-8+/t17-,20-,21-,22-,24-,26-,27-,28+/m1/s1. The molecule has 1 fully saturated rings. The molecule has 0 aromatic heterocycles. The van der Waals surface area contributed by atoms with E-state index in [1.807, 2.05) is 56.4 Å². The molecule has 35 heavy (non-hydrogen) atoms. The van der Waals surface area contributed by atoms with Gasteiger partial charge < -0.3 is 20.6 Å². The van der Waals surface area contributed by atoms with Crippen LogP contribution in [0.4, 0.5) is 0 Å². The molecule has 1 aliphatic heterocycles. The molecule has 4 N–H and O–H groups in total. The topological polar surface area (TPSA) is 124 Å². The quantitative estimate of drug-likeness (QED) is 0.310. The van der Waals surface area contributed by atoms with Gasteiger partial charge >= 0.3 is 0 Å². The zero-order valence-electron chi connectivity index (χ0n) is 20.4. The molecule has 3 aliphatic rings. The van der Waals surface area contributed by atoms with E-state index >= 15 is 0 Å². The van der Waals surface area contributed by atoms with Gasteiger partial charge in [0.05, 0.1) is 12.5 Å². The normalized spacial score (nSPS) is 42.6. The third kappa shape index (κ3) is 6.42. The van der Waals surface area contributed by atoms with E-state index in [9.17, 15) is 29.7 Å². The predicted octanol–water partition coefficient (Wildman–Crippen LogP) is 1.97.